The van der Waals surface area contributed by atoms with Gasteiger partial charge < -0.3 is 10.5 Å². The van der Waals surface area contributed by atoms with Crippen LogP contribution >= 0.6 is 0 Å². The summed E-state index contributed by atoms with van der Waals surface area (Å²) in [5, 5.41) is 0. The molecule has 0 heterocycles. The first-order chi connectivity index (χ1) is 5.74. The van der Waals surface area contributed by atoms with Crippen molar-refractivity contribution in [2.45, 2.75) is 12.5 Å². The number of hydrogen-bond acceptors (Lipinski definition) is 2. The Kier molecular flexibility index (Phi) is 2.94. The number of carbonyl (C=O) groups is 1. The predicted molar refractivity (Wildman–Crippen MR) is 44.0 cm³/mol. The summed E-state index contributed by atoms with van der Waals surface area (Å²) in [5.74, 6) is -0.294. The second-order valence-electron chi connectivity index (χ2n) is 2.56. The summed E-state index contributed by atoms with van der Waals surface area (Å²) in [6.45, 7) is 0. The van der Waals surface area contributed by atoms with Gasteiger partial charge in [0, 0.05) is 12.5 Å². The zero-order valence-electron chi connectivity index (χ0n) is 6.53. The minimum absolute atomic E-state index is 0.269. The monoisotopic (exact) mass is 167 g/mol. The van der Waals surface area contributed by atoms with Crippen molar-refractivity contribution in [3.63, 3.8) is 0 Å². The maximum Gasteiger partial charge on any atom is 0.123 e. The predicted octanol–water partition coefficient (Wildman–Crippen LogP) is 1.41. The lowest BCUT2D eigenvalue weighted by Crippen LogP contribution is -2.10. The Morgan fingerprint density at radius 1 is 1.42 bits per heavy atom. The van der Waals surface area contributed by atoms with Crippen LogP contribution < -0.4 is 5.73 Å². The summed E-state index contributed by atoms with van der Waals surface area (Å²) in [5.41, 5.74) is 6.38. The van der Waals surface area contributed by atoms with E-state index in [9.17, 15) is 9.18 Å². The van der Waals surface area contributed by atoms with Crippen molar-refractivity contribution >= 4 is 6.29 Å². The van der Waals surface area contributed by atoms with Crippen molar-refractivity contribution in [2.75, 3.05) is 0 Å². The van der Waals surface area contributed by atoms with Crippen molar-refractivity contribution in [2.24, 2.45) is 5.73 Å². The molecule has 1 aromatic rings. The molecule has 0 aliphatic rings. The Morgan fingerprint density at radius 3 is 2.50 bits per heavy atom. The van der Waals surface area contributed by atoms with Crippen molar-refractivity contribution in [3.05, 3.63) is 35.6 Å². The molecule has 0 saturated carbocycles. The SMILES string of the molecule is NC(CC=O)c1ccc(F)cc1. The normalized spacial score (nSPS) is 12.5. The molecule has 0 amide bonds. The van der Waals surface area contributed by atoms with Crippen molar-refractivity contribution in [3.8, 4) is 0 Å². The molecule has 1 aromatic carbocycles. The van der Waals surface area contributed by atoms with Crippen LogP contribution in [0.4, 0.5) is 4.39 Å². The molecule has 0 aromatic heterocycles. The highest BCUT2D eigenvalue weighted by atomic mass is 19.1. The van der Waals surface area contributed by atoms with E-state index in [1.807, 2.05) is 0 Å². The lowest BCUT2D eigenvalue weighted by Gasteiger charge is -2.06. The topological polar surface area (TPSA) is 43.1 Å². The second-order valence-corrected chi connectivity index (χ2v) is 2.56. The molecule has 2 N–H and O–H groups in total. The van der Waals surface area contributed by atoms with E-state index < -0.39 is 0 Å². The van der Waals surface area contributed by atoms with Crippen LogP contribution in [0.3, 0.4) is 0 Å². The van der Waals surface area contributed by atoms with Gasteiger partial charge in [0.15, 0.2) is 0 Å². The first-order valence-electron chi connectivity index (χ1n) is 3.68. The molecular weight excluding hydrogens is 157 g/mol. The van der Waals surface area contributed by atoms with Crippen LogP contribution in [-0.4, -0.2) is 6.29 Å². The molecule has 1 atom stereocenters. The van der Waals surface area contributed by atoms with Crippen LogP contribution in [0.5, 0.6) is 0 Å². The molecule has 0 aliphatic carbocycles. The average Bonchev–Trinajstić information content (AvgIpc) is 2.06. The zero-order valence-corrected chi connectivity index (χ0v) is 6.53. The second kappa shape index (κ2) is 3.97. The van der Waals surface area contributed by atoms with Gasteiger partial charge in [-0.2, -0.15) is 0 Å². The summed E-state index contributed by atoms with van der Waals surface area (Å²) >= 11 is 0. The summed E-state index contributed by atoms with van der Waals surface area (Å²) in [6.07, 6.45) is 1.03. The van der Waals surface area contributed by atoms with E-state index in [0.29, 0.717) is 0 Å². The third-order valence-corrected chi connectivity index (χ3v) is 1.65. The number of aldehydes is 1. The van der Waals surface area contributed by atoms with E-state index in [0.717, 1.165) is 11.8 Å². The molecule has 1 rings (SSSR count). The van der Waals surface area contributed by atoms with Gasteiger partial charge in [-0.05, 0) is 17.7 Å². The molecule has 12 heavy (non-hydrogen) atoms. The Bertz CT molecular complexity index is 258. The highest BCUT2D eigenvalue weighted by molar-refractivity contribution is 5.51. The quantitative estimate of drug-likeness (QED) is 0.692. The van der Waals surface area contributed by atoms with Gasteiger partial charge in [-0.1, -0.05) is 12.1 Å². The number of benzene rings is 1. The van der Waals surface area contributed by atoms with E-state index >= 15 is 0 Å². The van der Waals surface area contributed by atoms with Crippen LogP contribution in [-0.2, 0) is 4.79 Å². The third-order valence-electron chi connectivity index (χ3n) is 1.65. The Labute approximate surface area is 70.2 Å². The summed E-state index contributed by atoms with van der Waals surface area (Å²) in [6, 6.07) is 5.52. The molecule has 3 heteroatoms. The van der Waals surface area contributed by atoms with E-state index in [1.165, 1.54) is 12.1 Å². The van der Waals surface area contributed by atoms with E-state index in [4.69, 9.17) is 5.73 Å². The Morgan fingerprint density at radius 2 is 2.00 bits per heavy atom. The van der Waals surface area contributed by atoms with Gasteiger partial charge in [0.05, 0.1) is 0 Å². The van der Waals surface area contributed by atoms with Crippen molar-refractivity contribution < 1.29 is 9.18 Å². The van der Waals surface area contributed by atoms with Crippen molar-refractivity contribution in [1.29, 1.82) is 0 Å². The van der Waals surface area contributed by atoms with Gasteiger partial charge in [0.2, 0.25) is 0 Å². The van der Waals surface area contributed by atoms with Gasteiger partial charge in [-0.3, -0.25) is 0 Å². The standard InChI is InChI=1S/C9H10FNO/c10-8-3-1-7(2-4-8)9(11)5-6-12/h1-4,6,9H,5,11H2. The average molecular weight is 167 g/mol. The van der Waals surface area contributed by atoms with E-state index in [2.05, 4.69) is 0 Å². The van der Waals surface area contributed by atoms with Gasteiger partial charge in [0.25, 0.3) is 0 Å². The van der Waals surface area contributed by atoms with Crippen LogP contribution in [0.15, 0.2) is 24.3 Å². The highest BCUT2D eigenvalue weighted by Crippen LogP contribution is 2.12. The maximum atomic E-state index is 12.4. The van der Waals surface area contributed by atoms with Crippen LogP contribution in [0.1, 0.15) is 18.0 Å². The lowest BCUT2D eigenvalue weighted by molar-refractivity contribution is -0.108. The van der Waals surface area contributed by atoms with E-state index in [-0.39, 0.29) is 18.3 Å². The van der Waals surface area contributed by atoms with Gasteiger partial charge in [-0.25, -0.2) is 4.39 Å². The summed E-state index contributed by atoms with van der Waals surface area (Å²) in [7, 11) is 0. The fraction of sp³-hybridized carbons (Fsp3) is 0.222. The molecular formula is C9H10FNO. The molecule has 0 bridgehead atoms. The molecule has 1 unspecified atom stereocenters. The lowest BCUT2D eigenvalue weighted by atomic mass is 10.1. The fourth-order valence-electron chi connectivity index (χ4n) is 0.950. The molecule has 0 saturated heterocycles. The van der Waals surface area contributed by atoms with Crippen LogP contribution in [0, 0.1) is 5.82 Å². The molecule has 0 aliphatic heterocycles. The number of nitrogens with two attached hydrogens (primary N) is 1. The van der Waals surface area contributed by atoms with Crippen LogP contribution in [0.25, 0.3) is 0 Å². The minimum atomic E-state index is -0.317. The van der Waals surface area contributed by atoms with Crippen LogP contribution in [0.2, 0.25) is 0 Å². The third kappa shape index (κ3) is 2.13. The number of halogens is 1. The number of hydrogen-bond donors (Lipinski definition) is 1. The molecule has 64 valence electrons. The Hall–Kier alpha value is -1.22. The molecule has 0 radical (unpaired) electrons. The highest BCUT2D eigenvalue weighted by Gasteiger charge is 2.03. The summed E-state index contributed by atoms with van der Waals surface area (Å²) < 4.78 is 12.4. The smallest absolute Gasteiger partial charge is 0.123 e. The Balaban J connectivity index is 2.74. The first-order valence-corrected chi connectivity index (χ1v) is 3.68. The first kappa shape index (κ1) is 8.87. The molecule has 0 spiro atoms. The van der Waals surface area contributed by atoms with Gasteiger partial charge in [0.1, 0.15) is 12.1 Å². The molecule has 0 fully saturated rings. The number of carbonyl (C=O) groups excluding carboxylic acids is 1. The van der Waals surface area contributed by atoms with Crippen molar-refractivity contribution in [1.82, 2.24) is 0 Å². The maximum absolute atomic E-state index is 12.4. The van der Waals surface area contributed by atoms with Gasteiger partial charge >= 0.3 is 0 Å². The minimum Gasteiger partial charge on any atom is -0.324 e. The fourth-order valence-corrected chi connectivity index (χ4v) is 0.950. The number of rotatable bonds is 3. The van der Waals surface area contributed by atoms with Gasteiger partial charge in [-0.15, -0.1) is 0 Å². The molecule has 2 nitrogen and oxygen atoms in total. The zero-order chi connectivity index (χ0) is 8.97. The summed E-state index contributed by atoms with van der Waals surface area (Å²) in [4.78, 5) is 10.1. The van der Waals surface area contributed by atoms with E-state index in [1.54, 1.807) is 12.1 Å². The largest absolute Gasteiger partial charge is 0.324 e.